The number of hydrogen-bond acceptors (Lipinski definition) is 5. The molecule has 0 saturated heterocycles. The first-order chi connectivity index (χ1) is 10.3. The molecule has 0 amide bonds. The summed E-state index contributed by atoms with van der Waals surface area (Å²) in [6, 6.07) is 4.82. The van der Waals surface area contributed by atoms with Gasteiger partial charge in [0.1, 0.15) is 0 Å². The van der Waals surface area contributed by atoms with Crippen molar-refractivity contribution < 1.29 is 13.3 Å². The summed E-state index contributed by atoms with van der Waals surface area (Å²) in [5.41, 5.74) is 5.64. The topological polar surface area (TPSA) is 115 Å². The van der Waals surface area contributed by atoms with Gasteiger partial charge in [0.15, 0.2) is 0 Å². The van der Waals surface area contributed by atoms with E-state index in [0.29, 0.717) is 0 Å². The van der Waals surface area contributed by atoms with Crippen molar-refractivity contribution in [2.75, 3.05) is 6.54 Å². The van der Waals surface area contributed by atoms with E-state index in [1.54, 1.807) is 0 Å². The summed E-state index contributed by atoms with van der Waals surface area (Å²) in [4.78, 5) is 10.0. The predicted octanol–water partition coefficient (Wildman–Crippen LogP) is 1.92. The number of sulfonamides is 1. The molecule has 2 rings (SSSR count). The van der Waals surface area contributed by atoms with Crippen LogP contribution in [0.5, 0.6) is 0 Å². The first-order valence-electron chi connectivity index (χ1n) is 7.35. The standard InChI is InChI=1S/C14H21N3O4S/c15-14(9-3-1-2-4-10-14)11-16-22(20,21)13-7-5-12(6-8-13)17(18)19/h5-8,16H,1-4,9-11,15H2. The van der Waals surface area contributed by atoms with Gasteiger partial charge in [-0.25, -0.2) is 13.1 Å². The predicted molar refractivity (Wildman–Crippen MR) is 82.9 cm³/mol. The van der Waals surface area contributed by atoms with Crippen LogP contribution in [0.4, 0.5) is 5.69 Å². The van der Waals surface area contributed by atoms with Gasteiger partial charge in [0.05, 0.1) is 9.82 Å². The first kappa shape index (κ1) is 16.9. The van der Waals surface area contributed by atoms with E-state index < -0.39 is 20.5 Å². The summed E-state index contributed by atoms with van der Waals surface area (Å²) in [6.07, 6.45) is 5.89. The van der Waals surface area contributed by atoms with Crippen LogP contribution in [0.25, 0.3) is 0 Å². The molecule has 0 aromatic heterocycles. The number of nitrogens with two attached hydrogens (primary N) is 1. The minimum Gasteiger partial charge on any atom is -0.324 e. The molecule has 0 bridgehead atoms. The van der Waals surface area contributed by atoms with Crippen LogP contribution in [-0.4, -0.2) is 25.4 Å². The largest absolute Gasteiger partial charge is 0.324 e. The molecule has 1 aromatic rings. The Bertz CT molecular complexity index is 620. The lowest BCUT2D eigenvalue weighted by atomic mass is 9.92. The highest BCUT2D eigenvalue weighted by Gasteiger charge is 2.28. The molecule has 8 heteroatoms. The van der Waals surface area contributed by atoms with Crippen LogP contribution in [-0.2, 0) is 10.0 Å². The molecule has 7 nitrogen and oxygen atoms in total. The number of benzene rings is 1. The van der Waals surface area contributed by atoms with Gasteiger partial charge in [0, 0.05) is 24.2 Å². The third-order valence-electron chi connectivity index (χ3n) is 4.07. The van der Waals surface area contributed by atoms with Crippen molar-refractivity contribution in [3.8, 4) is 0 Å². The normalized spacial score (nSPS) is 18.6. The maximum atomic E-state index is 12.2. The molecule has 0 radical (unpaired) electrons. The third kappa shape index (κ3) is 4.25. The van der Waals surface area contributed by atoms with E-state index in [0.717, 1.165) is 38.5 Å². The number of nitrogens with one attached hydrogen (secondary N) is 1. The van der Waals surface area contributed by atoms with Gasteiger partial charge in [-0.3, -0.25) is 10.1 Å². The molecule has 0 aliphatic heterocycles. The van der Waals surface area contributed by atoms with Crippen LogP contribution in [0, 0.1) is 10.1 Å². The summed E-state index contributed by atoms with van der Waals surface area (Å²) >= 11 is 0. The molecule has 1 aliphatic rings. The fourth-order valence-electron chi connectivity index (χ4n) is 2.68. The Morgan fingerprint density at radius 1 is 1.14 bits per heavy atom. The molecule has 0 spiro atoms. The summed E-state index contributed by atoms with van der Waals surface area (Å²) in [5, 5.41) is 10.6. The summed E-state index contributed by atoms with van der Waals surface area (Å²) in [7, 11) is -3.70. The lowest BCUT2D eigenvalue weighted by Gasteiger charge is -2.28. The lowest BCUT2D eigenvalue weighted by molar-refractivity contribution is -0.384. The van der Waals surface area contributed by atoms with E-state index in [2.05, 4.69) is 4.72 Å². The molecule has 3 N–H and O–H groups in total. The van der Waals surface area contributed by atoms with E-state index in [1.807, 2.05) is 0 Å². The van der Waals surface area contributed by atoms with Crippen LogP contribution >= 0.6 is 0 Å². The Morgan fingerprint density at radius 3 is 2.18 bits per heavy atom. The van der Waals surface area contributed by atoms with Crippen molar-refractivity contribution >= 4 is 15.7 Å². The smallest absolute Gasteiger partial charge is 0.269 e. The van der Waals surface area contributed by atoms with Gasteiger partial charge in [-0.1, -0.05) is 25.7 Å². The minimum atomic E-state index is -3.70. The van der Waals surface area contributed by atoms with Crippen LogP contribution in [0.2, 0.25) is 0 Å². The first-order valence-corrected chi connectivity index (χ1v) is 8.84. The average molecular weight is 327 g/mol. The van der Waals surface area contributed by atoms with Crippen molar-refractivity contribution in [1.82, 2.24) is 4.72 Å². The van der Waals surface area contributed by atoms with Crippen LogP contribution in [0.15, 0.2) is 29.2 Å². The van der Waals surface area contributed by atoms with Gasteiger partial charge in [0.2, 0.25) is 10.0 Å². The van der Waals surface area contributed by atoms with E-state index >= 15 is 0 Å². The second-order valence-electron chi connectivity index (χ2n) is 5.85. The molecule has 122 valence electrons. The Labute approximate surface area is 130 Å². The van der Waals surface area contributed by atoms with Crippen molar-refractivity contribution in [1.29, 1.82) is 0 Å². The van der Waals surface area contributed by atoms with Gasteiger partial charge in [-0.2, -0.15) is 0 Å². The Balaban J connectivity index is 2.05. The number of nitro benzene ring substituents is 1. The van der Waals surface area contributed by atoms with Gasteiger partial charge in [0.25, 0.3) is 5.69 Å². The number of hydrogen-bond donors (Lipinski definition) is 2. The maximum absolute atomic E-state index is 12.2. The number of non-ortho nitro benzene ring substituents is 1. The minimum absolute atomic E-state index is 0.00956. The zero-order chi connectivity index (χ0) is 16.2. The van der Waals surface area contributed by atoms with Gasteiger partial charge in [-0.05, 0) is 25.0 Å². The molecular weight excluding hydrogens is 306 g/mol. The maximum Gasteiger partial charge on any atom is 0.269 e. The van der Waals surface area contributed by atoms with Crippen molar-refractivity contribution in [3.63, 3.8) is 0 Å². The molecule has 1 fully saturated rings. The van der Waals surface area contributed by atoms with Crippen molar-refractivity contribution in [3.05, 3.63) is 34.4 Å². The summed E-state index contributed by atoms with van der Waals surface area (Å²) < 4.78 is 27.0. The zero-order valence-electron chi connectivity index (χ0n) is 12.3. The molecular formula is C14H21N3O4S. The molecule has 22 heavy (non-hydrogen) atoms. The number of nitrogens with zero attached hydrogens (tertiary/aromatic N) is 1. The highest BCUT2D eigenvalue weighted by Crippen LogP contribution is 2.25. The SMILES string of the molecule is NC1(CNS(=O)(=O)c2ccc([N+](=O)[O-])cc2)CCCCCC1. The molecule has 1 aromatic carbocycles. The Hall–Kier alpha value is -1.51. The van der Waals surface area contributed by atoms with Crippen molar-refractivity contribution in [2.45, 2.75) is 49.0 Å². The second kappa shape index (κ2) is 6.72. The number of rotatable bonds is 5. The molecule has 1 saturated carbocycles. The van der Waals surface area contributed by atoms with E-state index in [9.17, 15) is 18.5 Å². The molecule has 0 unspecified atom stereocenters. The number of nitro groups is 1. The zero-order valence-corrected chi connectivity index (χ0v) is 13.1. The van der Waals surface area contributed by atoms with E-state index in [4.69, 9.17) is 5.73 Å². The fraction of sp³-hybridized carbons (Fsp3) is 0.571. The van der Waals surface area contributed by atoms with Crippen LogP contribution in [0.3, 0.4) is 0 Å². The fourth-order valence-corrected chi connectivity index (χ4v) is 3.82. The third-order valence-corrected chi connectivity index (χ3v) is 5.49. The molecule has 0 heterocycles. The Kier molecular flexibility index (Phi) is 5.15. The van der Waals surface area contributed by atoms with Crippen molar-refractivity contribution in [2.24, 2.45) is 5.73 Å². The van der Waals surface area contributed by atoms with Crippen LogP contribution in [0.1, 0.15) is 38.5 Å². The quantitative estimate of drug-likeness (QED) is 0.487. The van der Waals surface area contributed by atoms with Gasteiger partial charge in [-0.15, -0.1) is 0 Å². The van der Waals surface area contributed by atoms with Gasteiger partial charge >= 0.3 is 0 Å². The monoisotopic (exact) mass is 327 g/mol. The van der Waals surface area contributed by atoms with E-state index in [-0.39, 0.29) is 17.1 Å². The van der Waals surface area contributed by atoms with Crippen LogP contribution < -0.4 is 10.5 Å². The van der Waals surface area contributed by atoms with Gasteiger partial charge < -0.3 is 5.73 Å². The average Bonchev–Trinajstić information content (AvgIpc) is 2.71. The summed E-state index contributed by atoms with van der Waals surface area (Å²) in [6.45, 7) is 0.187. The molecule has 1 aliphatic carbocycles. The summed E-state index contributed by atoms with van der Waals surface area (Å²) in [5.74, 6) is 0. The van der Waals surface area contributed by atoms with E-state index in [1.165, 1.54) is 24.3 Å². The highest BCUT2D eigenvalue weighted by molar-refractivity contribution is 7.89. The highest BCUT2D eigenvalue weighted by atomic mass is 32.2. The second-order valence-corrected chi connectivity index (χ2v) is 7.62. The lowest BCUT2D eigenvalue weighted by Crippen LogP contribution is -2.49. The Morgan fingerprint density at radius 2 is 1.68 bits per heavy atom. The molecule has 0 atom stereocenters.